The summed E-state index contributed by atoms with van der Waals surface area (Å²) in [4.78, 5) is 24.5. The number of ether oxygens (including phenoxy) is 1. The fraction of sp³-hybridized carbons (Fsp3) is 0.862. The maximum Gasteiger partial charge on any atom is 0.305 e. The first-order valence-electron chi connectivity index (χ1n) is 28.3. The number of hydrogen-bond acceptors (Lipinski definition) is 5. The summed E-state index contributed by atoms with van der Waals surface area (Å²) in [6, 6.07) is -0.633. The number of esters is 1. The molecule has 0 bridgehead atoms. The molecular formula is C58H109NO5. The predicted octanol–water partition coefficient (Wildman–Crippen LogP) is 17.2. The highest BCUT2D eigenvalue weighted by Gasteiger charge is 2.18. The van der Waals surface area contributed by atoms with E-state index in [0.717, 1.165) is 51.4 Å². The lowest BCUT2D eigenvalue weighted by Crippen LogP contribution is -2.45. The highest BCUT2D eigenvalue weighted by molar-refractivity contribution is 5.76. The molecule has 1 amide bonds. The van der Waals surface area contributed by atoms with Gasteiger partial charge in [-0.2, -0.15) is 0 Å². The second-order valence-electron chi connectivity index (χ2n) is 19.3. The van der Waals surface area contributed by atoms with E-state index in [9.17, 15) is 19.8 Å². The number of aliphatic hydroxyl groups is 2. The summed E-state index contributed by atoms with van der Waals surface area (Å²) in [7, 11) is 0. The molecule has 0 aromatic heterocycles. The molecule has 0 aliphatic carbocycles. The van der Waals surface area contributed by atoms with Crippen LogP contribution in [0, 0.1) is 0 Å². The van der Waals surface area contributed by atoms with E-state index in [1.165, 1.54) is 218 Å². The Hall–Kier alpha value is -1.92. The summed E-state index contributed by atoms with van der Waals surface area (Å²) >= 11 is 0. The Labute approximate surface area is 398 Å². The molecule has 0 saturated carbocycles. The van der Waals surface area contributed by atoms with E-state index in [0.29, 0.717) is 19.4 Å². The van der Waals surface area contributed by atoms with E-state index in [1.807, 2.05) is 6.08 Å². The summed E-state index contributed by atoms with van der Waals surface area (Å²) < 4.78 is 5.46. The molecule has 64 heavy (non-hydrogen) atoms. The Kier molecular flexibility index (Phi) is 52.1. The lowest BCUT2D eigenvalue weighted by atomic mass is 10.0. The zero-order chi connectivity index (χ0) is 46.5. The van der Waals surface area contributed by atoms with E-state index >= 15 is 0 Å². The van der Waals surface area contributed by atoms with Gasteiger partial charge in [-0.1, -0.05) is 262 Å². The Bertz CT molecular complexity index is 1040. The van der Waals surface area contributed by atoms with E-state index in [2.05, 4.69) is 43.5 Å². The molecule has 3 N–H and O–H groups in total. The van der Waals surface area contributed by atoms with E-state index in [1.54, 1.807) is 6.08 Å². The molecule has 0 aliphatic heterocycles. The minimum Gasteiger partial charge on any atom is -0.466 e. The molecule has 376 valence electrons. The number of carbonyl (C=O) groups excluding carboxylic acids is 2. The summed E-state index contributed by atoms with van der Waals surface area (Å²) in [6.07, 6.45) is 65.8. The number of hydrogen-bond donors (Lipinski definition) is 3. The van der Waals surface area contributed by atoms with Crippen molar-refractivity contribution in [1.29, 1.82) is 0 Å². The number of rotatable bonds is 52. The van der Waals surface area contributed by atoms with Crippen LogP contribution in [0.15, 0.2) is 36.5 Å². The van der Waals surface area contributed by atoms with Gasteiger partial charge in [0.05, 0.1) is 25.4 Å². The molecule has 0 spiro atoms. The van der Waals surface area contributed by atoms with Gasteiger partial charge in [0.1, 0.15) is 0 Å². The Balaban J connectivity index is 3.46. The lowest BCUT2D eigenvalue weighted by molar-refractivity contribution is -0.143. The van der Waals surface area contributed by atoms with Crippen molar-refractivity contribution in [3.05, 3.63) is 36.5 Å². The van der Waals surface area contributed by atoms with Gasteiger partial charge in [0.25, 0.3) is 0 Å². The summed E-state index contributed by atoms with van der Waals surface area (Å²) in [5.74, 6) is -0.0838. The SMILES string of the molecule is CCC/C=C\C/C=C\CCCCCCCC(=O)OCCCCCCCCCCCCCCCCCCCC(=O)NC(CO)C(O)/C=C/CCCCCCCCCCCCCCCCC. The standard InChI is InChI=1S/C58H109NO5/c1-3-5-7-9-11-13-15-17-18-20-23-27-30-34-38-42-46-50-56(61)55(54-60)59-57(62)51-47-43-39-35-31-28-24-21-19-22-25-29-33-37-41-45-49-53-64-58(63)52-48-44-40-36-32-26-16-14-12-10-8-6-4-2/h8,10,14,16,46,50,55-56,60-61H,3-7,9,11-13,15,17-45,47-49,51-54H2,1-2H3,(H,59,62)/b10-8-,16-14-,50-46+. The van der Waals surface area contributed by atoms with Crippen LogP contribution in [0.4, 0.5) is 0 Å². The second kappa shape index (κ2) is 53.7. The highest BCUT2D eigenvalue weighted by atomic mass is 16.5. The Morgan fingerprint density at radius 2 is 0.812 bits per heavy atom. The van der Waals surface area contributed by atoms with Crippen LogP contribution in [0.3, 0.4) is 0 Å². The largest absolute Gasteiger partial charge is 0.466 e. The smallest absolute Gasteiger partial charge is 0.305 e. The monoisotopic (exact) mass is 900 g/mol. The topological polar surface area (TPSA) is 95.9 Å². The first-order valence-corrected chi connectivity index (χ1v) is 28.3. The van der Waals surface area contributed by atoms with Crippen LogP contribution < -0.4 is 5.32 Å². The molecule has 0 fully saturated rings. The van der Waals surface area contributed by atoms with Crippen molar-refractivity contribution in [2.75, 3.05) is 13.2 Å². The molecule has 0 saturated heterocycles. The van der Waals surface area contributed by atoms with Crippen molar-refractivity contribution in [2.24, 2.45) is 0 Å². The van der Waals surface area contributed by atoms with Crippen molar-refractivity contribution >= 4 is 11.9 Å². The number of nitrogens with one attached hydrogen (secondary N) is 1. The van der Waals surface area contributed by atoms with Gasteiger partial charge < -0.3 is 20.3 Å². The first-order chi connectivity index (χ1) is 31.5. The van der Waals surface area contributed by atoms with Gasteiger partial charge in [0, 0.05) is 12.8 Å². The van der Waals surface area contributed by atoms with Gasteiger partial charge in [-0.3, -0.25) is 9.59 Å². The average Bonchev–Trinajstić information content (AvgIpc) is 3.29. The maximum atomic E-state index is 12.5. The summed E-state index contributed by atoms with van der Waals surface area (Å²) in [5.41, 5.74) is 0. The normalized spacial score (nSPS) is 12.9. The van der Waals surface area contributed by atoms with Crippen LogP contribution in [-0.2, 0) is 14.3 Å². The van der Waals surface area contributed by atoms with E-state index in [-0.39, 0.29) is 18.5 Å². The zero-order valence-electron chi connectivity index (χ0n) is 42.8. The molecule has 0 heterocycles. The molecule has 0 aliphatic rings. The molecule has 0 aromatic rings. The fourth-order valence-corrected chi connectivity index (χ4v) is 8.55. The van der Waals surface area contributed by atoms with Crippen LogP contribution in [0.25, 0.3) is 0 Å². The van der Waals surface area contributed by atoms with Crippen LogP contribution in [0.5, 0.6) is 0 Å². The van der Waals surface area contributed by atoms with Crippen LogP contribution in [0.1, 0.15) is 296 Å². The van der Waals surface area contributed by atoms with Crippen molar-refractivity contribution < 1.29 is 24.5 Å². The van der Waals surface area contributed by atoms with E-state index < -0.39 is 12.1 Å². The molecular weight excluding hydrogens is 791 g/mol. The van der Waals surface area contributed by atoms with Crippen LogP contribution >= 0.6 is 0 Å². The Morgan fingerprint density at radius 1 is 0.438 bits per heavy atom. The second-order valence-corrected chi connectivity index (χ2v) is 19.3. The molecule has 6 nitrogen and oxygen atoms in total. The molecule has 0 aromatic carbocycles. The number of carbonyl (C=O) groups is 2. The first kappa shape index (κ1) is 62.1. The minimum absolute atomic E-state index is 0.0111. The third kappa shape index (κ3) is 49.5. The Morgan fingerprint density at radius 3 is 1.25 bits per heavy atom. The lowest BCUT2D eigenvalue weighted by Gasteiger charge is -2.20. The summed E-state index contributed by atoms with van der Waals surface area (Å²) in [5, 5.41) is 23.1. The zero-order valence-corrected chi connectivity index (χ0v) is 42.8. The van der Waals surface area contributed by atoms with Crippen LogP contribution in [-0.4, -0.2) is 47.4 Å². The molecule has 6 heteroatoms. The molecule has 2 atom stereocenters. The fourth-order valence-electron chi connectivity index (χ4n) is 8.55. The molecule has 0 rings (SSSR count). The van der Waals surface area contributed by atoms with Crippen molar-refractivity contribution in [3.63, 3.8) is 0 Å². The van der Waals surface area contributed by atoms with Crippen molar-refractivity contribution in [3.8, 4) is 0 Å². The minimum atomic E-state index is -0.849. The van der Waals surface area contributed by atoms with Crippen molar-refractivity contribution in [1.82, 2.24) is 5.32 Å². The predicted molar refractivity (Wildman–Crippen MR) is 278 cm³/mol. The quantitative estimate of drug-likeness (QED) is 0.0321. The van der Waals surface area contributed by atoms with Gasteiger partial charge in [-0.05, 0) is 57.8 Å². The van der Waals surface area contributed by atoms with Gasteiger partial charge in [0.15, 0.2) is 0 Å². The van der Waals surface area contributed by atoms with Gasteiger partial charge in [0.2, 0.25) is 5.91 Å². The van der Waals surface area contributed by atoms with Crippen LogP contribution in [0.2, 0.25) is 0 Å². The number of amides is 1. The third-order valence-electron chi connectivity index (χ3n) is 12.9. The maximum absolute atomic E-state index is 12.5. The molecule has 0 radical (unpaired) electrons. The number of unbranched alkanes of at least 4 members (excludes halogenated alkanes) is 37. The molecule has 2 unspecified atom stereocenters. The third-order valence-corrected chi connectivity index (χ3v) is 12.9. The number of allylic oxidation sites excluding steroid dienone is 5. The summed E-state index contributed by atoms with van der Waals surface area (Å²) in [6.45, 7) is 4.83. The average molecular weight is 901 g/mol. The van der Waals surface area contributed by atoms with Gasteiger partial charge in [-0.15, -0.1) is 0 Å². The van der Waals surface area contributed by atoms with E-state index in [4.69, 9.17) is 4.74 Å². The van der Waals surface area contributed by atoms with Gasteiger partial charge >= 0.3 is 5.97 Å². The van der Waals surface area contributed by atoms with Gasteiger partial charge in [-0.25, -0.2) is 0 Å². The van der Waals surface area contributed by atoms with Crippen molar-refractivity contribution in [2.45, 2.75) is 309 Å². The number of aliphatic hydroxyl groups excluding tert-OH is 2. The highest BCUT2D eigenvalue weighted by Crippen LogP contribution is 2.17.